The summed E-state index contributed by atoms with van der Waals surface area (Å²) in [7, 11) is 0. The molecule has 0 fully saturated rings. The van der Waals surface area contributed by atoms with Gasteiger partial charge in [-0.2, -0.15) is 0 Å². The van der Waals surface area contributed by atoms with E-state index in [0.29, 0.717) is 0 Å². The molecular formula is C16H14N2. The van der Waals surface area contributed by atoms with E-state index in [0.717, 1.165) is 27.8 Å². The average Bonchev–Trinajstić information content (AvgIpc) is 2.41. The third-order valence-electron chi connectivity index (χ3n) is 3.25. The smallest absolute Gasteiger partial charge is 0.0352 e. The van der Waals surface area contributed by atoms with E-state index in [1.165, 1.54) is 5.39 Å². The van der Waals surface area contributed by atoms with Crippen LogP contribution >= 0.6 is 0 Å². The van der Waals surface area contributed by atoms with Crippen LogP contribution in [-0.2, 0) is 0 Å². The molecule has 2 N–H and O–H groups in total. The lowest BCUT2D eigenvalue weighted by atomic mass is 9.99. The largest absolute Gasteiger partial charge is 0.399 e. The van der Waals surface area contributed by atoms with E-state index in [1.54, 1.807) is 0 Å². The Morgan fingerprint density at radius 2 is 1.83 bits per heavy atom. The van der Waals surface area contributed by atoms with Gasteiger partial charge in [-0.05, 0) is 35.6 Å². The molecule has 0 aliphatic carbocycles. The van der Waals surface area contributed by atoms with Crippen LogP contribution in [-0.4, -0.2) is 4.98 Å². The molecule has 0 atom stereocenters. The van der Waals surface area contributed by atoms with E-state index >= 15 is 0 Å². The van der Waals surface area contributed by atoms with E-state index in [2.05, 4.69) is 29.2 Å². The van der Waals surface area contributed by atoms with Crippen molar-refractivity contribution in [3.63, 3.8) is 0 Å². The summed E-state index contributed by atoms with van der Waals surface area (Å²) in [5, 5.41) is 2.38. The van der Waals surface area contributed by atoms with Gasteiger partial charge in [0.25, 0.3) is 0 Å². The number of hydrogen-bond donors (Lipinski definition) is 1. The molecule has 0 saturated carbocycles. The molecule has 3 rings (SSSR count). The maximum atomic E-state index is 5.86. The molecular weight excluding hydrogens is 220 g/mol. The zero-order valence-electron chi connectivity index (χ0n) is 10.2. The SMILES string of the molecule is Cc1cc(-c2cncc3ccccc23)ccc1N. The molecule has 2 heteroatoms. The Bertz CT molecular complexity index is 712. The second-order valence-corrected chi connectivity index (χ2v) is 4.48. The fourth-order valence-corrected chi connectivity index (χ4v) is 2.19. The molecule has 1 heterocycles. The number of anilines is 1. The van der Waals surface area contributed by atoms with Crippen LogP contribution in [0.1, 0.15) is 5.56 Å². The summed E-state index contributed by atoms with van der Waals surface area (Å²) >= 11 is 0. The van der Waals surface area contributed by atoms with Crippen LogP contribution in [0.25, 0.3) is 21.9 Å². The van der Waals surface area contributed by atoms with Crippen molar-refractivity contribution in [2.75, 3.05) is 5.73 Å². The Labute approximate surface area is 106 Å². The number of fused-ring (bicyclic) bond motifs is 1. The second kappa shape index (κ2) is 4.15. The van der Waals surface area contributed by atoms with Gasteiger partial charge in [-0.1, -0.05) is 30.3 Å². The van der Waals surface area contributed by atoms with E-state index in [1.807, 2.05) is 37.5 Å². The maximum absolute atomic E-state index is 5.86. The molecule has 0 saturated heterocycles. The first-order valence-electron chi connectivity index (χ1n) is 5.95. The normalized spacial score (nSPS) is 10.7. The Kier molecular flexibility index (Phi) is 2.49. The molecule has 0 spiro atoms. The van der Waals surface area contributed by atoms with Crippen LogP contribution in [0.15, 0.2) is 54.9 Å². The monoisotopic (exact) mass is 234 g/mol. The highest BCUT2D eigenvalue weighted by atomic mass is 14.6. The van der Waals surface area contributed by atoms with Crippen LogP contribution in [0.4, 0.5) is 5.69 Å². The number of nitrogens with zero attached hydrogens (tertiary/aromatic N) is 1. The van der Waals surface area contributed by atoms with Crippen molar-refractivity contribution < 1.29 is 0 Å². The molecule has 3 aromatic rings. The molecule has 2 nitrogen and oxygen atoms in total. The zero-order chi connectivity index (χ0) is 12.5. The maximum Gasteiger partial charge on any atom is 0.0352 e. The van der Waals surface area contributed by atoms with Crippen LogP contribution < -0.4 is 5.73 Å². The number of hydrogen-bond acceptors (Lipinski definition) is 2. The standard InChI is InChI=1S/C16H14N2/c1-11-8-12(6-7-16(11)17)15-10-18-9-13-4-2-3-5-14(13)15/h2-10H,17H2,1H3. The van der Waals surface area contributed by atoms with Crippen LogP contribution in [0.5, 0.6) is 0 Å². The quantitative estimate of drug-likeness (QED) is 0.650. The van der Waals surface area contributed by atoms with Crippen LogP contribution in [0.2, 0.25) is 0 Å². The van der Waals surface area contributed by atoms with E-state index in [9.17, 15) is 0 Å². The van der Waals surface area contributed by atoms with Crippen molar-refractivity contribution in [1.82, 2.24) is 4.98 Å². The van der Waals surface area contributed by atoms with Gasteiger partial charge in [0.1, 0.15) is 0 Å². The van der Waals surface area contributed by atoms with Gasteiger partial charge in [0.15, 0.2) is 0 Å². The highest BCUT2D eigenvalue weighted by molar-refractivity contribution is 5.95. The minimum Gasteiger partial charge on any atom is -0.399 e. The predicted octanol–water partition coefficient (Wildman–Crippen LogP) is 3.79. The summed E-state index contributed by atoms with van der Waals surface area (Å²) in [5.41, 5.74) is 10.1. The number of aryl methyl sites for hydroxylation is 1. The van der Waals surface area contributed by atoms with Crippen molar-refractivity contribution >= 4 is 16.5 Å². The van der Waals surface area contributed by atoms with E-state index in [4.69, 9.17) is 5.73 Å². The molecule has 0 radical (unpaired) electrons. The molecule has 0 amide bonds. The van der Waals surface area contributed by atoms with Gasteiger partial charge in [-0.15, -0.1) is 0 Å². The molecule has 2 aromatic carbocycles. The molecule has 0 bridgehead atoms. The minimum atomic E-state index is 0.826. The summed E-state index contributed by atoms with van der Waals surface area (Å²) in [4.78, 5) is 4.31. The number of aromatic nitrogens is 1. The van der Waals surface area contributed by atoms with Crippen LogP contribution in [0.3, 0.4) is 0 Å². The molecule has 88 valence electrons. The minimum absolute atomic E-state index is 0.826. The van der Waals surface area contributed by atoms with Crippen molar-refractivity contribution in [2.24, 2.45) is 0 Å². The number of nitrogens with two attached hydrogens (primary N) is 1. The molecule has 0 aliphatic heterocycles. The number of benzene rings is 2. The summed E-state index contributed by atoms with van der Waals surface area (Å²) in [5.74, 6) is 0. The van der Waals surface area contributed by atoms with Gasteiger partial charge >= 0.3 is 0 Å². The predicted molar refractivity (Wildman–Crippen MR) is 76.3 cm³/mol. The van der Waals surface area contributed by atoms with Gasteiger partial charge in [0.05, 0.1) is 0 Å². The van der Waals surface area contributed by atoms with Gasteiger partial charge < -0.3 is 5.73 Å². The number of rotatable bonds is 1. The van der Waals surface area contributed by atoms with Gasteiger partial charge in [-0.25, -0.2) is 0 Å². The number of nitrogen functional groups attached to an aromatic ring is 1. The van der Waals surface area contributed by atoms with Gasteiger partial charge in [0.2, 0.25) is 0 Å². The third kappa shape index (κ3) is 1.72. The Hall–Kier alpha value is -2.35. The Morgan fingerprint density at radius 1 is 1.00 bits per heavy atom. The molecule has 0 aliphatic rings. The summed E-state index contributed by atoms with van der Waals surface area (Å²) in [6.45, 7) is 2.03. The van der Waals surface area contributed by atoms with E-state index in [-0.39, 0.29) is 0 Å². The first kappa shape index (κ1) is 10.8. The lowest BCUT2D eigenvalue weighted by molar-refractivity contribution is 1.36. The highest BCUT2D eigenvalue weighted by Crippen LogP contribution is 2.29. The third-order valence-corrected chi connectivity index (χ3v) is 3.25. The van der Waals surface area contributed by atoms with Crippen molar-refractivity contribution in [1.29, 1.82) is 0 Å². The fourth-order valence-electron chi connectivity index (χ4n) is 2.19. The summed E-state index contributed by atoms with van der Waals surface area (Å²) in [6, 6.07) is 14.4. The van der Waals surface area contributed by atoms with E-state index < -0.39 is 0 Å². The number of pyridine rings is 1. The Balaban J connectivity index is 2.28. The van der Waals surface area contributed by atoms with Crippen molar-refractivity contribution in [2.45, 2.75) is 6.92 Å². The lowest BCUT2D eigenvalue weighted by Gasteiger charge is -2.08. The fraction of sp³-hybridized carbons (Fsp3) is 0.0625. The van der Waals surface area contributed by atoms with Gasteiger partial charge in [0, 0.05) is 29.0 Å². The highest BCUT2D eigenvalue weighted by Gasteiger charge is 2.05. The van der Waals surface area contributed by atoms with Crippen molar-refractivity contribution in [3.05, 3.63) is 60.4 Å². The second-order valence-electron chi connectivity index (χ2n) is 4.48. The first-order chi connectivity index (χ1) is 8.75. The zero-order valence-corrected chi connectivity index (χ0v) is 10.2. The van der Waals surface area contributed by atoms with Crippen LogP contribution in [0, 0.1) is 6.92 Å². The summed E-state index contributed by atoms with van der Waals surface area (Å²) < 4.78 is 0. The summed E-state index contributed by atoms with van der Waals surface area (Å²) in [6.07, 6.45) is 3.80. The first-order valence-corrected chi connectivity index (χ1v) is 5.95. The Morgan fingerprint density at radius 3 is 2.67 bits per heavy atom. The molecule has 1 aromatic heterocycles. The average molecular weight is 234 g/mol. The lowest BCUT2D eigenvalue weighted by Crippen LogP contribution is -1.90. The van der Waals surface area contributed by atoms with Crippen molar-refractivity contribution in [3.8, 4) is 11.1 Å². The topological polar surface area (TPSA) is 38.9 Å². The molecule has 18 heavy (non-hydrogen) atoms. The molecule has 0 unspecified atom stereocenters. The van der Waals surface area contributed by atoms with Gasteiger partial charge in [-0.3, -0.25) is 4.98 Å².